The first-order valence-electron chi connectivity index (χ1n) is 10.7. The summed E-state index contributed by atoms with van der Waals surface area (Å²) >= 11 is 0. The third kappa shape index (κ3) is 3.94. The van der Waals surface area contributed by atoms with Crippen LogP contribution < -0.4 is 0 Å². The van der Waals surface area contributed by atoms with Crippen LogP contribution in [0.4, 0.5) is 5.69 Å². The first-order chi connectivity index (χ1) is 16.1. The number of nitro benzene ring substituents is 1. The minimum atomic E-state index is -0.381. The Labute approximate surface area is 191 Å². The molecule has 0 bridgehead atoms. The van der Waals surface area contributed by atoms with Gasteiger partial charge in [0.15, 0.2) is 0 Å². The molecule has 0 atom stereocenters. The Balaban J connectivity index is 1.85. The van der Waals surface area contributed by atoms with E-state index in [1.807, 2.05) is 60.7 Å². The van der Waals surface area contributed by atoms with Crippen molar-refractivity contribution in [3.63, 3.8) is 0 Å². The van der Waals surface area contributed by atoms with E-state index in [4.69, 9.17) is 4.42 Å². The topological polar surface area (TPSA) is 56.3 Å². The van der Waals surface area contributed by atoms with Crippen LogP contribution in [-0.2, 0) is 0 Å². The van der Waals surface area contributed by atoms with Gasteiger partial charge in [0.25, 0.3) is 5.69 Å². The van der Waals surface area contributed by atoms with E-state index in [2.05, 4.69) is 31.2 Å². The molecule has 5 rings (SSSR count). The van der Waals surface area contributed by atoms with Gasteiger partial charge in [-0.15, -0.1) is 0 Å². The molecule has 1 aromatic heterocycles. The van der Waals surface area contributed by atoms with Gasteiger partial charge in [-0.25, -0.2) is 0 Å². The summed E-state index contributed by atoms with van der Waals surface area (Å²) in [5.74, 6) is 1.51. The van der Waals surface area contributed by atoms with Gasteiger partial charge in [-0.2, -0.15) is 0 Å². The maximum Gasteiger partial charge on any atom is 0.269 e. The fraction of sp³-hybridized carbons (Fsp3) is 0.0345. The normalized spacial score (nSPS) is 10.8. The molecule has 0 spiro atoms. The second-order valence-electron chi connectivity index (χ2n) is 7.91. The van der Waals surface area contributed by atoms with Crippen molar-refractivity contribution in [3.8, 4) is 44.9 Å². The van der Waals surface area contributed by atoms with Gasteiger partial charge in [-0.1, -0.05) is 90.5 Å². The fourth-order valence-corrected chi connectivity index (χ4v) is 4.04. The molecule has 0 amide bonds. The number of aryl methyl sites for hydroxylation is 1. The van der Waals surface area contributed by atoms with Gasteiger partial charge in [-0.05, 0) is 30.2 Å². The highest BCUT2D eigenvalue weighted by Crippen LogP contribution is 2.48. The molecule has 5 aromatic rings. The van der Waals surface area contributed by atoms with E-state index in [1.54, 1.807) is 12.1 Å². The van der Waals surface area contributed by atoms with Crippen molar-refractivity contribution < 1.29 is 9.34 Å². The summed E-state index contributed by atoms with van der Waals surface area (Å²) in [6, 6.07) is 35.0. The van der Waals surface area contributed by atoms with Gasteiger partial charge in [0, 0.05) is 34.4 Å². The molecule has 4 nitrogen and oxygen atoms in total. The molecule has 0 saturated carbocycles. The maximum absolute atomic E-state index is 11.2. The number of hydrogen-bond donors (Lipinski definition) is 0. The quantitative estimate of drug-likeness (QED) is 0.208. The minimum absolute atomic E-state index is 0.0590. The number of nitrogens with zero attached hydrogens (tertiary/aromatic N) is 1. The van der Waals surface area contributed by atoms with Crippen molar-refractivity contribution in [3.05, 3.63) is 125 Å². The summed E-state index contributed by atoms with van der Waals surface area (Å²) in [4.78, 5) is 10.9. The first kappa shape index (κ1) is 20.5. The van der Waals surface area contributed by atoms with Crippen LogP contribution in [-0.4, -0.2) is 4.92 Å². The Morgan fingerprint density at radius 2 is 1.00 bits per heavy atom. The van der Waals surface area contributed by atoms with E-state index in [1.165, 1.54) is 17.7 Å². The summed E-state index contributed by atoms with van der Waals surface area (Å²) in [6.45, 7) is 2.06. The van der Waals surface area contributed by atoms with Crippen LogP contribution in [0.25, 0.3) is 44.9 Å². The third-order valence-corrected chi connectivity index (χ3v) is 5.69. The SMILES string of the molecule is Cc1ccc(-c2c(-c3ccccc3)oc(-c3ccccc3)c2-c2ccc([N+](=O)[O-])cc2)cc1. The third-order valence-electron chi connectivity index (χ3n) is 5.69. The Hall–Kier alpha value is -4.44. The largest absolute Gasteiger partial charge is 0.455 e. The first-order valence-corrected chi connectivity index (χ1v) is 10.7. The predicted molar refractivity (Wildman–Crippen MR) is 132 cm³/mol. The number of rotatable bonds is 5. The zero-order valence-electron chi connectivity index (χ0n) is 18.1. The Kier molecular flexibility index (Phi) is 5.33. The second-order valence-corrected chi connectivity index (χ2v) is 7.91. The molecule has 4 aromatic carbocycles. The lowest BCUT2D eigenvalue weighted by Gasteiger charge is -2.09. The van der Waals surface area contributed by atoms with Crippen molar-refractivity contribution in [1.29, 1.82) is 0 Å². The van der Waals surface area contributed by atoms with Crippen LogP contribution >= 0.6 is 0 Å². The van der Waals surface area contributed by atoms with Crippen molar-refractivity contribution in [2.45, 2.75) is 6.92 Å². The van der Waals surface area contributed by atoms with Crippen molar-refractivity contribution in [2.24, 2.45) is 0 Å². The molecule has 0 aliphatic carbocycles. The molecule has 4 heteroatoms. The molecule has 0 aliphatic heterocycles. The lowest BCUT2D eigenvalue weighted by Crippen LogP contribution is -1.89. The number of furan rings is 1. The van der Waals surface area contributed by atoms with Crippen LogP contribution in [0.2, 0.25) is 0 Å². The summed E-state index contributed by atoms with van der Waals surface area (Å²) < 4.78 is 6.60. The van der Waals surface area contributed by atoms with E-state index in [-0.39, 0.29) is 10.6 Å². The number of hydrogen-bond acceptors (Lipinski definition) is 3. The van der Waals surface area contributed by atoms with E-state index in [0.717, 1.165) is 44.9 Å². The molecule has 33 heavy (non-hydrogen) atoms. The fourth-order valence-electron chi connectivity index (χ4n) is 4.04. The van der Waals surface area contributed by atoms with Gasteiger partial charge in [-0.3, -0.25) is 10.1 Å². The molecule has 0 radical (unpaired) electrons. The van der Waals surface area contributed by atoms with Crippen LogP contribution in [0, 0.1) is 17.0 Å². The monoisotopic (exact) mass is 431 g/mol. The molecule has 0 saturated heterocycles. The number of non-ortho nitro benzene ring substituents is 1. The molecule has 0 N–H and O–H groups in total. The highest BCUT2D eigenvalue weighted by atomic mass is 16.6. The summed E-state index contributed by atoms with van der Waals surface area (Å²) in [6.07, 6.45) is 0. The summed E-state index contributed by atoms with van der Waals surface area (Å²) in [5, 5.41) is 11.2. The lowest BCUT2D eigenvalue weighted by atomic mass is 9.91. The summed E-state index contributed by atoms with van der Waals surface area (Å²) in [5.41, 5.74) is 6.92. The minimum Gasteiger partial charge on any atom is -0.455 e. The average molecular weight is 431 g/mol. The standard InChI is InChI=1S/C29H21NO3/c1-20-12-14-21(15-13-20)26-27(22-16-18-25(19-17-22)30(31)32)29(24-10-6-3-7-11-24)33-28(26)23-8-4-2-5-9-23/h2-19H,1H3. The number of benzene rings is 4. The molecule has 0 fully saturated rings. The van der Waals surface area contributed by atoms with Gasteiger partial charge in [0.1, 0.15) is 11.5 Å². The Morgan fingerprint density at radius 3 is 1.42 bits per heavy atom. The average Bonchev–Trinajstić information content (AvgIpc) is 3.26. The van der Waals surface area contributed by atoms with Gasteiger partial charge < -0.3 is 4.42 Å². The van der Waals surface area contributed by atoms with Crippen molar-refractivity contribution >= 4 is 5.69 Å². The molecule has 1 heterocycles. The van der Waals surface area contributed by atoms with E-state index in [0.29, 0.717) is 0 Å². The maximum atomic E-state index is 11.2. The molecule has 160 valence electrons. The smallest absolute Gasteiger partial charge is 0.269 e. The van der Waals surface area contributed by atoms with Gasteiger partial charge in [0.2, 0.25) is 0 Å². The van der Waals surface area contributed by atoms with Crippen LogP contribution in [0.1, 0.15) is 5.56 Å². The van der Waals surface area contributed by atoms with Crippen LogP contribution in [0.3, 0.4) is 0 Å². The van der Waals surface area contributed by atoms with Crippen LogP contribution in [0.5, 0.6) is 0 Å². The Morgan fingerprint density at radius 1 is 0.576 bits per heavy atom. The lowest BCUT2D eigenvalue weighted by molar-refractivity contribution is -0.384. The highest BCUT2D eigenvalue weighted by molar-refractivity contribution is 5.99. The van der Waals surface area contributed by atoms with Crippen molar-refractivity contribution in [1.82, 2.24) is 0 Å². The molecular weight excluding hydrogens is 410 g/mol. The summed E-state index contributed by atoms with van der Waals surface area (Å²) in [7, 11) is 0. The Bertz CT molecular complexity index is 1400. The van der Waals surface area contributed by atoms with E-state index in [9.17, 15) is 10.1 Å². The van der Waals surface area contributed by atoms with Crippen LogP contribution in [0.15, 0.2) is 114 Å². The zero-order chi connectivity index (χ0) is 22.8. The number of nitro groups is 1. The van der Waals surface area contributed by atoms with Gasteiger partial charge >= 0.3 is 0 Å². The van der Waals surface area contributed by atoms with Gasteiger partial charge in [0.05, 0.1) is 4.92 Å². The van der Waals surface area contributed by atoms with E-state index < -0.39 is 0 Å². The molecule has 0 aliphatic rings. The second kappa shape index (κ2) is 8.60. The zero-order valence-corrected chi connectivity index (χ0v) is 18.1. The van der Waals surface area contributed by atoms with E-state index >= 15 is 0 Å². The predicted octanol–water partition coefficient (Wildman–Crippen LogP) is 8.16. The molecular formula is C29H21NO3. The highest BCUT2D eigenvalue weighted by Gasteiger charge is 2.25. The molecule has 0 unspecified atom stereocenters. The van der Waals surface area contributed by atoms with Crippen molar-refractivity contribution in [2.75, 3.05) is 0 Å².